The van der Waals surface area contributed by atoms with Crippen molar-refractivity contribution in [3.8, 4) is 0 Å². The standard InChI is InChI=1S/C19H25F3N2O5S/c1-3-5-6-16(17(25)29-4-2)23-30(27,28)15-8-7-13-9-10-24(12-14(13)11-15)18(26)19(20,21)22/h7-8,11,16,23H,3-6,9-10,12H2,1-2H3. The van der Waals surface area contributed by atoms with Gasteiger partial charge in [-0.2, -0.15) is 17.9 Å². The lowest BCUT2D eigenvalue weighted by atomic mass is 10.00. The van der Waals surface area contributed by atoms with E-state index in [1.807, 2.05) is 6.92 Å². The molecule has 1 unspecified atom stereocenters. The van der Waals surface area contributed by atoms with Crippen LogP contribution >= 0.6 is 0 Å². The summed E-state index contributed by atoms with van der Waals surface area (Å²) in [4.78, 5) is 24.1. The van der Waals surface area contributed by atoms with Gasteiger partial charge >= 0.3 is 18.1 Å². The Morgan fingerprint density at radius 2 is 1.93 bits per heavy atom. The number of carbonyl (C=O) groups is 2. The highest BCUT2D eigenvalue weighted by atomic mass is 32.2. The number of fused-ring (bicyclic) bond motifs is 1. The van der Waals surface area contributed by atoms with Crippen LogP contribution < -0.4 is 4.72 Å². The number of amides is 1. The summed E-state index contributed by atoms with van der Waals surface area (Å²) in [6, 6.07) is 3.04. The molecule has 0 aromatic heterocycles. The second kappa shape index (κ2) is 9.78. The maximum absolute atomic E-state index is 12.8. The molecular formula is C19H25F3N2O5S. The number of nitrogens with one attached hydrogen (secondary N) is 1. The molecule has 1 atom stereocenters. The lowest BCUT2D eigenvalue weighted by molar-refractivity contribution is -0.186. The highest BCUT2D eigenvalue weighted by Crippen LogP contribution is 2.26. The first-order valence-corrected chi connectivity index (χ1v) is 11.1. The summed E-state index contributed by atoms with van der Waals surface area (Å²) in [5, 5.41) is 0. The molecule has 1 aliphatic heterocycles. The molecule has 1 amide bonds. The van der Waals surface area contributed by atoms with Gasteiger partial charge in [0.2, 0.25) is 10.0 Å². The normalized spacial score (nSPS) is 15.4. The predicted molar refractivity (Wildman–Crippen MR) is 102 cm³/mol. The fourth-order valence-electron chi connectivity index (χ4n) is 3.18. The van der Waals surface area contributed by atoms with Crippen molar-refractivity contribution >= 4 is 21.9 Å². The first kappa shape index (κ1) is 24.1. The Morgan fingerprint density at radius 1 is 1.23 bits per heavy atom. The average molecular weight is 450 g/mol. The fourth-order valence-corrected chi connectivity index (χ4v) is 4.45. The number of hydrogen-bond acceptors (Lipinski definition) is 5. The Balaban J connectivity index is 2.24. The van der Waals surface area contributed by atoms with Gasteiger partial charge in [0, 0.05) is 13.1 Å². The Hall–Kier alpha value is -2.14. The topological polar surface area (TPSA) is 92.8 Å². The largest absolute Gasteiger partial charge is 0.471 e. The van der Waals surface area contributed by atoms with Crippen LogP contribution in [0.1, 0.15) is 44.2 Å². The number of hydrogen-bond donors (Lipinski definition) is 1. The number of benzene rings is 1. The van der Waals surface area contributed by atoms with E-state index in [0.29, 0.717) is 22.4 Å². The zero-order chi connectivity index (χ0) is 22.5. The SMILES string of the molecule is CCCCC(NS(=O)(=O)c1ccc2c(c1)CN(C(=O)C(F)(F)F)CC2)C(=O)OCC. The van der Waals surface area contributed by atoms with Gasteiger partial charge in [-0.25, -0.2) is 8.42 Å². The quantitative estimate of drug-likeness (QED) is 0.615. The van der Waals surface area contributed by atoms with Gasteiger partial charge in [0.1, 0.15) is 6.04 Å². The van der Waals surface area contributed by atoms with Gasteiger partial charge in [0.05, 0.1) is 11.5 Å². The molecule has 0 saturated heterocycles. The van der Waals surface area contributed by atoms with Crippen molar-refractivity contribution in [1.82, 2.24) is 9.62 Å². The molecule has 0 aliphatic carbocycles. The Bertz CT molecular complexity index is 887. The maximum atomic E-state index is 12.8. The second-order valence-corrected chi connectivity index (χ2v) is 8.69. The summed E-state index contributed by atoms with van der Waals surface area (Å²) in [7, 11) is -4.13. The maximum Gasteiger partial charge on any atom is 0.471 e. The number of unbranched alkanes of at least 4 members (excludes halogenated alkanes) is 1. The van der Waals surface area contributed by atoms with Crippen molar-refractivity contribution in [2.75, 3.05) is 13.2 Å². The summed E-state index contributed by atoms with van der Waals surface area (Å²) in [5.74, 6) is -2.64. The monoisotopic (exact) mass is 450 g/mol. The number of halogens is 3. The van der Waals surface area contributed by atoms with Crippen molar-refractivity contribution in [3.63, 3.8) is 0 Å². The summed E-state index contributed by atoms with van der Waals surface area (Å²) in [6.45, 7) is 3.17. The number of sulfonamides is 1. The Kier molecular flexibility index (Phi) is 7.87. The first-order chi connectivity index (χ1) is 14.0. The van der Waals surface area contributed by atoms with Crippen molar-refractivity contribution in [2.45, 2.75) is 63.2 Å². The molecule has 30 heavy (non-hydrogen) atoms. The Morgan fingerprint density at radius 3 is 2.53 bits per heavy atom. The minimum absolute atomic E-state index is 0.0996. The molecule has 168 valence electrons. The molecule has 1 heterocycles. The van der Waals surface area contributed by atoms with E-state index < -0.39 is 34.1 Å². The van der Waals surface area contributed by atoms with Crippen LogP contribution in [0.2, 0.25) is 0 Å². The third-order valence-corrected chi connectivity index (χ3v) is 6.21. The zero-order valence-electron chi connectivity index (χ0n) is 16.8. The molecular weight excluding hydrogens is 425 g/mol. The summed E-state index contributed by atoms with van der Waals surface area (Å²) < 4.78 is 71.0. The summed E-state index contributed by atoms with van der Waals surface area (Å²) in [5.41, 5.74) is 0.996. The minimum atomic E-state index is -4.99. The molecule has 7 nitrogen and oxygen atoms in total. The fraction of sp³-hybridized carbons (Fsp3) is 0.579. The molecule has 0 radical (unpaired) electrons. The van der Waals surface area contributed by atoms with E-state index in [2.05, 4.69) is 4.72 Å². The number of rotatable bonds is 8. The van der Waals surface area contributed by atoms with E-state index in [9.17, 15) is 31.2 Å². The lowest BCUT2D eigenvalue weighted by Gasteiger charge is -2.29. The van der Waals surface area contributed by atoms with Gasteiger partial charge in [-0.1, -0.05) is 25.8 Å². The highest BCUT2D eigenvalue weighted by Gasteiger charge is 2.43. The zero-order valence-corrected chi connectivity index (χ0v) is 17.6. The van der Waals surface area contributed by atoms with Crippen molar-refractivity contribution in [2.24, 2.45) is 0 Å². The van der Waals surface area contributed by atoms with Crippen LogP contribution in [0.3, 0.4) is 0 Å². The molecule has 11 heteroatoms. The van der Waals surface area contributed by atoms with Gasteiger partial charge in [-0.3, -0.25) is 9.59 Å². The molecule has 0 bridgehead atoms. The van der Waals surface area contributed by atoms with Gasteiger partial charge in [0.25, 0.3) is 0 Å². The second-order valence-electron chi connectivity index (χ2n) is 6.97. The van der Waals surface area contributed by atoms with Gasteiger partial charge in [-0.15, -0.1) is 0 Å². The molecule has 1 aliphatic rings. The minimum Gasteiger partial charge on any atom is -0.465 e. The van der Waals surface area contributed by atoms with Crippen LogP contribution in [-0.4, -0.2) is 50.6 Å². The highest BCUT2D eigenvalue weighted by molar-refractivity contribution is 7.89. The predicted octanol–water partition coefficient (Wildman–Crippen LogP) is 2.53. The number of carbonyl (C=O) groups excluding carboxylic acids is 2. The number of ether oxygens (including phenoxy) is 1. The van der Waals surface area contributed by atoms with E-state index in [-0.39, 0.29) is 37.4 Å². The van der Waals surface area contributed by atoms with Crippen LogP contribution in [0.25, 0.3) is 0 Å². The van der Waals surface area contributed by atoms with Crippen molar-refractivity contribution in [1.29, 1.82) is 0 Å². The van der Waals surface area contributed by atoms with Crippen LogP contribution in [0.5, 0.6) is 0 Å². The molecule has 0 spiro atoms. The number of esters is 1. The van der Waals surface area contributed by atoms with Crippen LogP contribution in [0.4, 0.5) is 13.2 Å². The number of alkyl halides is 3. The average Bonchev–Trinajstić information content (AvgIpc) is 2.69. The molecule has 1 aromatic carbocycles. The van der Waals surface area contributed by atoms with E-state index in [1.54, 1.807) is 6.92 Å². The van der Waals surface area contributed by atoms with Crippen LogP contribution in [-0.2, 0) is 37.3 Å². The molecule has 0 fully saturated rings. The molecule has 2 rings (SSSR count). The van der Waals surface area contributed by atoms with Crippen molar-refractivity contribution < 1.29 is 35.9 Å². The number of nitrogens with zero attached hydrogens (tertiary/aromatic N) is 1. The molecule has 0 saturated carbocycles. The Labute approximate surface area is 173 Å². The third kappa shape index (κ3) is 5.94. The lowest BCUT2D eigenvalue weighted by Crippen LogP contribution is -2.44. The van der Waals surface area contributed by atoms with E-state index in [0.717, 1.165) is 6.42 Å². The summed E-state index contributed by atoms with van der Waals surface area (Å²) >= 11 is 0. The van der Waals surface area contributed by atoms with Crippen LogP contribution in [0.15, 0.2) is 23.1 Å². The smallest absolute Gasteiger partial charge is 0.465 e. The van der Waals surface area contributed by atoms with E-state index in [4.69, 9.17) is 4.74 Å². The first-order valence-electron chi connectivity index (χ1n) is 9.66. The van der Waals surface area contributed by atoms with Gasteiger partial charge in [-0.05, 0) is 43.0 Å². The molecule has 1 N–H and O–H groups in total. The van der Waals surface area contributed by atoms with Gasteiger partial charge < -0.3 is 9.64 Å². The van der Waals surface area contributed by atoms with Crippen molar-refractivity contribution in [3.05, 3.63) is 29.3 Å². The van der Waals surface area contributed by atoms with E-state index in [1.165, 1.54) is 18.2 Å². The van der Waals surface area contributed by atoms with Gasteiger partial charge in [0.15, 0.2) is 0 Å². The third-order valence-electron chi connectivity index (χ3n) is 4.74. The summed E-state index contributed by atoms with van der Waals surface area (Å²) in [6.07, 6.45) is -3.20. The van der Waals surface area contributed by atoms with E-state index >= 15 is 0 Å². The molecule has 1 aromatic rings. The van der Waals surface area contributed by atoms with Crippen LogP contribution in [0, 0.1) is 0 Å².